The van der Waals surface area contributed by atoms with Gasteiger partial charge in [0, 0.05) is 12.0 Å². The molecule has 0 aliphatic rings. The summed E-state index contributed by atoms with van der Waals surface area (Å²) in [4.78, 5) is 0. The molecule has 0 radical (unpaired) electrons. The molecule has 0 saturated heterocycles. The van der Waals surface area contributed by atoms with Crippen LogP contribution in [0.3, 0.4) is 0 Å². The predicted molar refractivity (Wildman–Crippen MR) is 71.4 cm³/mol. The molecule has 0 unspecified atom stereocenters. The van der Waals surface area contributed by atoms with Crippen molar-refractivity contribution in [3.63, 3.8) is 0 Å². The van der Waals surface area contributed by atoms with Crippen LogP contribution >= 0.6 is 0 Å². The maximum absolute atomic E-state index is 5.71. The zero-order valence-corrected chi connectivity index (χ0v) is 10.9. The van der Waals surface area contributed by atoms with Crippen molar-refractivity contribution in [2.75, 3.05) is 13.6 Å². The molecule has 0 atom stereocenters. The lowest BCUT2D eigenvalue weighted by atomic mass is 10.1. The van der Waals surface area contributed by atoms with E-state index in [0.717, 1.165) is 31.4 Å². The van der Waals surface area contributed by atoms with Gasteiger partial charge in [0.05, 0.1) is 0 Å². The molecule has 4 nitrogen and oxygen atoms in total. The first kappa shape index (κ1) is 12.8. The molecule has 96 valence electrons. The van der Waals surface area contributed by atoms with Crippen molar-refractivity contribution in [3.05, 3.63) is 35.7 Å². The van der Waals surface area contributed by atoms with E-state index in [-0.39, 0.29) is 0 Å². The van der Waals surface area contributed by atoms with Crippen LogP contribution in [0, 0.1) is 0 Å². The van der Waals surface area contributed by atoms with Crippen molar-refractivity contribution in [2.45, 2.75) is 26.2 Å². The topological polar surface area (TPSA) is 51.0 Å². The summed E-state index contributed by atoms with van der Waals surface area (Å²) in [7, 11) is 1.94. The van der Waals surface area contributed by atoms with Gasteiger partial charge in [-0.3, -0.25) is 0 Å². The highest BCUT2D eigenvalue weighted by atomic mass is 16.4. The molecule has 1 aromatic carbocycles. The van der Waals surface area contributed by atoms with Gasteiger partial charge < -0.3 is 9.73 Å². The average Bonchev–Trinajstić information content (AvgIpc) is 2.88. The number of nitrogens with zero attached hydrogens (tertiary/aromatic N) is 2. The third kappa shape index (κ3) is 2.96. The Morgan fingerprint density at radius 3 is 2.83 bits per heavy atom. The standard InChI is InChI=1S/C14H19N3O/c1-3-11-7-4-5-8-12(11)14-17-16-13(18-14)9-6-10-15-2/h4-5,7-8,15H,3,6,9-10H2,1-2H3. The number of nitrogens with one attached hydrogen (secondary N) is 1. The van der Waals surface area contributed by atoms with E-state index < -0.39 is 0 Å². The van der Waals surface area contributed by atoms with Crippen molar-refractivity contribution < 1.29 is 4.42 Å². The van der Waals surface area contributed by atoms with Gasteiger partial charge in [-0.2, -0.15) is 0 Å². The second kappa shape index (κ2) is 6.31. The van der Waals surface area contributed by atoms with Gasteiger partial charge in [0.15, 0.2) is 0 Å². The molecule has 1 heterocycles. The Labute approximate surface area is 107 Å². The van der Waals surface area contributed by atoms with E-state index in [1.54, 1.807) is 0 Å². The van der Waals surface area contributed by atoms with E-state index in [0.29, 0.717) is 11.8 Å². The largest absolute Gasteiger partial charge is 0.421 e. The molecule has 0 aliphatic heterocycles. The molecule has 0 spiro atoms. The average molecular weight is 245 g/mol. The van der Waals surface area contributed by atoms with E-state index in [1.165, 1.54) is 5.56 Å². The van der Waals surface area contributed by atoms with Crippen LogP contribution < -0.4 is 5.32 Å². The van der Waals surface area contributed by atoms with E-state index in [4.69, 9.17) is 4.42 Å². The fraction of sp³-hybridized carbons (Fsp3) is 0.429. The second-order valence-corrected chi connectivity index (χ2v) is 4.22. The number of rotatable bonds is 6. The fourth-order valence-corrected chi connectivity index (χ4v) is 1.92. The highest BCUT2D eigenvalue weighted by molar-refractivity contribution is 5.58. The Balaban J connectivity index is 2.13. The molecule has 18 heavy (non-hydrogen) atoms. The number of aromatic nitrogens is 2. The lowest BCUT2D eigenvalue weighted by molar-refractivity contribution is 0.494. The van der Waals surface area contributed by atoms with Crippen LogP contribution in [-0.2, 0) is 12.8 Å². The smallest absolute Gasteiger partial charge is 0.248 e. The van der Waals surface area contributed by atoms with Crippen LogP contribution in [0.1, 0.15) is 24.8 Å². The number of aryl methyl sites for hydroxylation is 2. The summed E-state index contributed by atoms with van der Waals surface area (Å²) in [5.74, 6) is 1.35. The molecule has 0 amide bonds. The Morgan fingerprint density at radius 2 is 2.06 bits per heavy atom. The highest BCUT2D eigenvalue weighted by Crippen LogP contribution is 2.22. The molecule has 2 aromatic rings. The van der Waals surface area contributed by atoms with Crippen molar-refractivity contribution in [3.8, 4) is 11.5 Å². The Hall–Kier alpha value is -1.68. The van der Waals surface area contributed by atoms with Crippen molar-refractivity contribution in [1.82, 2.24) is 15.5 Å². The van der Waals surface area contributed by atoms with Gasteiger partial charge >= 0.3 is 0 Å². The molecular weight excluding hydrogens is 226 g/mol. The van der Waals surface area contributed by atoms with Gasteiger partial charge in [0.2, 0.25) is 11.8 Å². The summed E-state index contributed by atoms with van der Waals surface area (Å²) < 4.78 is 5.71. The van der Waals surface area contributed by atoms with E-state index in [1.807, 2.05) is 25.2 Å². The van der Waals surface area contributed by atoms with Gasteiger partial charge in [-0.1, -0.05) is 25.1 Å². The van der Waals surface area contributed by atoms with Crippen molar-refractivity contribution in [2.24, 2.45) is 0 Å². The van der Waals surface area contributed by atoms with E-state index in [2.05, 4.69) is 28.5 Å². The fourth-order valence-electron chi connectivity index (χ4n) is 1.92. The summed E-state index contributed by atoms with van der Waals surface area (Å²) in [6.45, 7) is 3.09. The minimum Gasteiger partial charge on any atom is -0.421 e. The SMILES string of the molecule is CCc1ccccc1-c1nnc(CCCNC)o1. The third-order valence-corrected chi connectivity index (χ3v) is 2.91. The monoisotopic (exact) mass is 245 g/mol. The number of hydrogen-bond acceptors (Lipinski definition) is 4. The molecule has 4 heteroatoms. The molecule has 1 N–H and O–H groups in total. The van der Waals surface area contributed by atoms with Crippen LogP contribution in [-0.4, -0.2) is 23.8 Å². The zero-order valence-electron chi connectivity index (χ0n) is 10.9. The van der Waals surface area contributed by atoms with Gasteiger partial charge in [0.1, 0.15) is 0 Å². The molecule has 0 fully saturated rings. The maximum Gasteiger partial charge on any atom is 0.248 e. The summed E-state index contributed by atoms with van der Waals surface area (Å²) in [5, 5.41) is 11.3. The van der Waals surface area contributed by atoms with Gasteiger partial charge in [0.25, 0.3) is 0 Å². The first-order valence-electron chi connectivity index (χ1n) is 6.40. The molecular formula is C14H19N3O. The summed E-state index contributed by atoms with van der Waals surface area (Å²) >= 11 is 0. The summed E-state index contributed by atoms with van der Waals surface area (Å²) in [6.07, 6.45) is 2.79. The Bertz CT molecular complexity index is 493. The zero-order chi connectivity index (χ0) is 12.8. The van der Waals surface area contributed by atoms with Gasteiger partial charge in [-0.05, 0) is 38.1 Å². The molecule has 0 bridgehead atoms. The quantitative estimate of drug-likeness (QED) is 0.794. The predicted octanol–water partition coefficient (Wildman–Crippen LogP) is 2.45. The van der Waals surface area contributed by atoms with Crippen LogP contribution in [0.25, 0.3) is 11.5 Å². The summed E-state index contributed by atoms with van der Waals surface area (Å²) in [5.41, 5.74) is 2.29. The van der Waals surface area contributed by atoms with Crippen molar-refractivity contribution in [1.29, 1.82) is 0 Å². The van der Waals surface area contributed by atoms with Crippen LogP contribution in [0.4, 0.5) is 0 Å². The number of benzene rings is 1. The molecule has 2 rings (SSSR count). The third-order valence-electron chi connectivity index (χ3n) is 2.91. The minimum absolute atomic E-state index is 0.631. The van der Waals surface area contributed by atoms with Crippen molar-refractivity contribution >= 4 is 0 Å². The van der Waals surface area contributed by atoms with Gasteiger partial charge in [-0.25, -0.2) is 0 Å². The maximum atomic E-state index is 5.71. The van der Waals surface area contributed by atoms with Gasteiger partial charge in [-0.15, -0.1) is 10.2 Å². The van der Waals surface area contributed by atoms with E-state index in [9.17, 15) is 0 Å². The Morgan fingerprint density at radius 1 is 1.22 bits per heavy atom. The normalized spacial score (nSPS) is 10.8. The Kier molecular flexibility index (Phi) is 4.47. The van der Waals surface area contributed by atoms with E-state index >= 15 is 0 Å². The lowest BCUT2D eigenvalue weighted by Crippen LogP contribution is -2.08. The molecule has 1 aromatic heterocycles. The van der Waals surface area contributed by atoms with Crippen LogP contribution in [0.15, 0.2) is 28.7 Å². The first-order valence-corrected chi connectivity index (χ1v) is 6.40. The molecule has 0 aliphatic carbocycles. The highest BCUT2D eigenvalue weighted by Gasteiger charge is 2.10. The molecule has 0 saturated carbocycles. The van der Waals surface area contributed by atoms with Crippen LogP contribution in [0.5, 0.6) is 0 Å². The summed E-state index contributed by atoms with van der Waals surface area (Å²) in [6, 6.07) is 8.16. The second-order valence-electron chi connectivity index (χ2n) is 4.22. The lowest BCUT2D eigenvalue weighted by Gasteiger charge is -2.02. The number of hydrogen-bond donors (Lipinski definition) is 1. The minimum atomic E-state index is 0.631. The van der Waals surface area contributed by atoms with Crippen LogP contribution in [0.2, 0.25) is 0 Å². The first-order chi connectivity index (χ1) is 8.85.